The Morgan fingerprint density at radius 2 is 2.33 bits per heavy atom. The predicted octanol–water partition coefficient (Wildman–Crippen LogP) is 1.74. The molecule has 1 aliphatic rings. The molecule has 0 aromatic carbocycles. The van der Waals surface area contributed by atoms with Gasteiger partial charge in [0.2, 0.25) is 11.8 Å². The summed E-state index contributed by atoms with van der Waals surface area (Å²) >= 11 is 0. The molecular weight excluding hydrogens is 228 g/mol. The number of hydrogen-bond acceptors (Lipinski definition) is 5. The average Bonchev–Trinajstić information content (AvgIpc) is 2.28. The van der Waals surface area contributed by atoms with Gasteiger partial charge < -0.3 is 15.4 Å². The number of nitrogens with one attached hydrogen (secondary N) is 2. The van der Waals surface area contributed by atoms with Crippen LogP contribution >= 0.6 is 0 Å². The molecule has 0 spiro atoms. The largest absolute Gasteiger partial charge is 0.478 e. The molecule has 0 aliphatic carbocycles. The summed E-state index contributed by atoms with van der Waals surface area (Å²) in [6, 6.07) is 2.85. The van der Waals surface area contributed by atoms with Crippen LogP contribution in [-0.4, -0.2) is 35.2 Å². The smallest absolute Gasteiger partial charge is 0.226 e. The molecule has 1 saturated heterocycles. The van der Waals surface area contributed by atoms with Crippen molar-refractivity contribution >= 4 is 5.95 Å². The first-order valence-corrected chi connectivity index (χ1v) is 6.65. The van der Waals surface area contributed by atoms with Crippen molar-refractivity contribution in [2.24, 2.45) is 0 Å². The summed E-state index contributed by atoms with van der Waals surface area (Å²) in [5.74, 6) is 1.33. The van der Waals surface area contributed by atoms with Crippen molar-refractivity contribution in [2.45, 2.75) is 45.7 Å². The van der Waals surface area contributed by atoms with Gasteiger partial charge in [0.1, 0.15) is 0 Å². The Labute approximate surface area is 108 Å². The maximum absolute atomic E-state index is 5.43. The van der Waals surface area contributed by atoms with E-state index in [0.29, 0.717) is 30.5 Å². The van der Waals surface area contributed by atoms with E-state index < -0.39 is 0 Å². The molecule has 0 bridgehead atoms. The fourth-order valence-electron chi connectivity index (χ4n) is 2.27. The van der Waals surface area contributed by atoms with Crippen LogP contribution in [0, 0.1) is 6.92 Å². The van der Waals surface area contributed by atoms with Gasteiger partial charge in [0.15, 0.2) is 0 Å². The summed E-state index contributed by atoms with van der Waals surface area (Å²) in [6.45, 7) is 7.79. The van der Waals surface area contributed by atoms with E-state index in [-0.39, 0.29) is 0 Å². The summed E-state index contributed by atoms with van der Waals surface area (Å²) in [5.41, 5.74) is 0.929. The van der Waals surface area contributed by atoms with Crippen LogP contribution in [-0.2, 0) is 0 Å². The predicted molar refractivity (Wildman–Crippen MR) is 72.0 cm³/mol. The molecule has 2 atom stereocenters. The molecule has 1 aromatic heterocycles. The Balaban J connectivity index is 2.03. The van der Waals surface area contributed by atoms with Crippen LogP contribution in [0.1, 0.15) is 32.4 Å². The maximum atomic E-state index is 5.43. The molecule has 1 aromatic rings. The van der Waals surface area contributed by atoms with Gasteiger partial charge in [-0.05, 0) is 40.2 Å². The fourth-order valence-corrected chi connectivity index (χ4v) is 2.27. The van der Waals surface area contributed by atoms with Crippen LogP contribution < -0.4 is 15.4 Å². The normalized spacial score (nSPS) is 23.7. The van der Waals surface area contributed by atoms with Crippen LogP contribution in [0.4, 0.5) is 5.95 Å². The third kappa shape index (κ3) is 3.57. The average molecular weight is 250 g/mol. The van der Waals surface area contributed by atoms with Crippen molar-refractivity contribution in [1.82, 2.24) is 15.3 Å². The monoisotopic (exact) mass is 250 g/mol. The van der Waals surface area contributed by atoms with Gasteiger partial charge >= 0.3 is 0 Å². The number of nitrogens with zero attached hydrogens (tertiary/aromatic N) is 2. The quantitative estimate of drug-likeness (QED) is 0.852. The molecule has 2 unspecified atom stereocenters. The van der Waals surface area contributed by atoms with Crippen molar-refractivity contribution in [3.8, 4) is 5.88 Å². The van der Waals surface area contributed by atoms with Crippen LogP contribution in [0.5, 0.6) is 5.88 Å². The molecule has 5 nitrogen and oxygen atoms in total. The van der Waals surface area contributed by atoms with Crippen LogP contribution in [0.3, 0.4) is 0 Å². The van der Waals surface area contributed by atoms with Crippen LogP contribution in [0.15, 0.2) is 6.07 Å². The molecular formula is C13H22N4O. The van der Waals surface area contributed by atoms with Gasteiger partial charge in [-0.15, -0.1) is 0 Å². The second-order valence-electron chi connectivity index (χ2n) is 4.82. The summed E-state index contributed by atoms with van der Waals surface area (Å²) in [5, 5.41) is 6.84. The van der Waals surface area contributed by atoms with Gasteiger partial charge in [0.05, 0.1) is 6.61 Å². The third-order valence-corrected chi connectivity index (χ3v) is 3.08. The molecule has 100 valence electrons. The SMILES string of the molecule is CCOc1cc(C)nc(NC2CCNC(C)C2)n1. The Morgan fingerprint density at radius 3 is 3.06 bits per heavy atom. The third-order valence-electron chi connectivity index (χ3n) is 3.08. The Kier molecular flexibility index (Phi) is 4.36. The van der Waals surface area contributed by atoms with Gasteiger partial charge in [-0.3, -0.25) is 0 Å². The number of ether oxygens (including phenoxy) is 1. The van der Waals surface area contributed by atoms with E-state index in [2.05, 4.69) is 27.5 Å². The number of hydrogen-bond donors (Lipinski definition) is 2. The minimum atomic E-state index is 0.442. The molecule has 5 heteroatoms. The van der Waals surface area contributed by atoms with E-state index in [1.165, 1.54) is 0 Å². The topological polar surface area (TPSA) is 59.1 Å². The van der Waals surface area contributed by atoms with Gasteiger partial charge in [0.25, 0.3) is 0 Å². The van der Waals surface area contributed by atoms with Crippen molar-refractivity contribution in [2.75, 3.05) is 18.5 Å². The summed E-state index contributed by atoms with van der Waals surface area (Å²) in [7, 11) is 0. The minimum absolute atomic E-state index is 0.442. The van der Waals surface area contributed by atoms with E-state index in [9.17, 15) is 0 Å². The minimum Gasteiger partial charge on any atom is -0.478 e. The molecule has 18 heavy (non-hydrogen) atoms. The zero-order chi connectivity index (χ0) is 13.0. The zero-order valence-corrected chi connectivity index (χ0v) is 11.4. The van der Waals surface area contributed by atoms with Crippen molar-refractivity contribution in [3.05, 3.63) is 11.8 Å². The van der Waals surface area contributed by atoms with Crippen molar-refractivity contribution in [1.29, 1.82) is 0 Å². The first-order valence-electron chi connectivity index (χ1n) is 6.65. The van der Waals surface area contributed by atoms with Gasteiger partial charge in [-0.2, -0.15) is 4.98 Å². The number of rotatable bonds is 4. The number of aryl methyl sites for hydroxylation is 1. The molecule has 2 rings (SSSR count). The molecule has 1 fully saturated rings. The van der Waals surface area contributed by atoms with E-state index in [1.807, 2.05) is 19.9 Å². The van der Waals surface area contributed by atoms with Crippen LogP contribution in [0.25, 0.3) is 0 Å². The Bertz CT molecular complexity index is 397. The summed E-state index contributed by atoms with van der Waals surface area (Å²) in [4.78, 5) is 8.79. The lowest BCUT2D eigenvalue weighted by molar-refractivity contribution is 0.326. The Hall–Kier alpha value is -1.36. The Morgan fingerprint density at radius 1 is 1.50 bits per heavy atom. The lowest BCUT2D eigenvalue weighted by Crippen LogP contribution is -2.41. The second kappa shape index (κ2) is 6.00. The lowest BCUT2D eigenvalue weighted by Gasteiger charge is -2.28. The lowest BCUT2D eigenvalue weighted by atomic mass is 10.0. The highest BCUT2D eigenvalue weighted by Crippen LogP contribution is 2.16. The van der Waals surface area contributed by atoms with E-state index in [4.69, 9.17) is 4.74 Å². The van der Waals surface area contributed by atoms with Gasteiger partial charge in [0, 0.05) is 23.8 Å². The number of anilines is 1. The molecule has 0 saturated carbocycles. The highest BCUT2D eigenvalue weighted by atomic mass is 16.5. The van der Waals surface area contributed by atoms with Gasteiger partial charge in [-0.25, -0.2) is 4.98 Å². The van der Waals surface area contributed by atoms with Gasteiger partial charge in [-0.1, -0.05) is 0 Å². The molecule has 2 heterocycles. The standard InChI is InChI=1S/C13H22N4O/c1-4-18-12-8-10(3)15-13(17-12)16-11-5-6-14-9(2)7-11/h8-9,11,14H,4-7H2,1-3H3,(H,15,16,17). The van der Waals surface area contributed by atoms with E-state index in [1.54, 1.807) is 0 Å². The second-order valence-corrected chi connectivity index (χ2v) is 4.82. The maximum Gasteiger partial charge on any atom is 0.226 e. The van der Waals surface area contributed by atoms with Crippen molar-refractivity contribution in [3.63, 3.8) is 0 Å². The summed E-state index contributed by atoms with van der Waals surface area (Å²) in [6.07, 6.45) is 2.20. The van der Waals surface area contributed by atoms with Crippen molar-refractivity contribution < 1.29 is 4.74 Å². The number of piperidine rings is 1. The molecule has 0 radical (unpaired) electrons. The zero-order valence-electron chi connectivity index (χ0n) is 11.4. The molecule has 2 N–H and O–H groups in total. The fraction of sp³-hybridized carbons (Fsp3) is 0.692. The highest BCUT2D eigenvalue weighted by molar-refractivity contribution is 5.32. The first-order chi connectivity index (χ1) is 8.67. The summed E-state index contributed by atoms with van der Waals surface area (Å²) < 4.78 is 5.43. The van der Waals surface area contributed by atoms with Crippen LogP contribution in [0.2, 0.25) is 0 Å². The molecule has 1 aliphatic heterocycles. The molecule has 0 amide bonds. The highest BCUT2D eigenvalue weighted by Gasteiger charge is 2.19. The number of aromatic nitrogens is 2. The first kappa shape index (κ1) is 13.1. The van der Waals surface area contributed by atoms with E-state index >= 15 is 0 Å². The van der Waals surface area contributed by atoms with E-state index in [0.717, 1.165) is 25.1 Å².